The molecule has 4 nitrogen and oxygen atoms in total. The molecule has 0 saturated heterocycles. The van der Waals surface area contributed by atoms with Gasteiger partial charge in [0.2, 0.25) is 0 Å². The van der Waals surface area contributed by atoms with Crippen LogP contribution in [-0.4, -0.2) is 20.5 Å². The second-order valence-corrected chi connectivity index (χ2v) is 6.34. The summed E-state index contributed by atoms with van der Waals surface area (Å²) in [6.07, 6.45) is -4.81. The predicted octanol–water partition coefficient (Wildman–Crippen LogP) is 4.15. The van der Waals surface area contributed by atoms with Crippen LogP contribution in [-0.2, 0) is 6.18 Å². The number of aromatic carboxylic acids is 1. The molecule has 9 heteroatoms. The summed E-state index contributed by atoms with van der Waals surface area (Å²) in [7, 11) is 0. The number of thiophene rings is 1. The van der Waals surface area contributed by atoms with Gasteiger partial charge in [-0.15, -0.1) is 22.7 Å². The van der Waals surface area contributed by atoms with Crippen molar-refractivity contribution in [1.29, 1.82) is 0 Å². The summed E-state index contributed by atoms with van der Waals surface area (Å²) >= 11 is 2.37. The molecule has 3 rings (SSSR count). The van der Waals surface area contributed by atoms with Crippen molar-refractivity contribution in [3.63, 3.8) is 0 Å². The van der Waals surface area contributed by atoms with Crippen LogP contribution in [0.5, 0.6) is 0 Å². The van der Waals surface area contributed by atoms with E-state index in [2.05, 4.69) is 4.98 Å². The molecule has 0 fully saturated rings. The fourth-order valence-corrected chi connectivity index (χ4v) is 3.97. The molecular formula is C12H7F3N2O2S2. The maximum absolute atomic E-state index is 13.0. The SMILES string of the molecule is Cc1sc2nc(C(F)(F)F)c(C(=O)O)n2c1-c1cccs1. The van der Waals surface area contributed by atoms with Crippen molar-refractivity contribution in [2.45, 2.75) is 13.1 Å². The lowest BCUT2D eigenvalue weighted by molar-refractivity contribution is -0.141. The van der Waals surface area contributed by atoms with Crippen molar-refractivity contribution < 1.29 is 23.1 Å². The fraction of sp³-hybridized carbons (Fsp3) is 0.167. The average molecular weight is 332 g/mol. The highest BCUT2D eigenvalue weighted by atomic mass is 32.1. The van der Waals surface area contributed by atoms with E-state index in [0.717, 1.165) is 20.6 Å². The molecule has 0 spiro atoms. The van der Waals surface area contributed by atoms with Gasteiger partial charge in [-0.3, -0.25) is 4.40 Å². The van der Waals surface area contributed by atoms with Gasteiger partial charge in [-0.05, 0) is 18.4 Å². The first kappa shape index (κ1) is 14.1. The Morgan fingerprint density at radius 2 is 2.14 bits per heavy atom. The molecule has 0 aliphatic heterocycles. The molecule has 1 N–H and O–H groups in total. The summed E-state index contributed by atoms with van der Waals surface area (Å²) in [6.45, 7) is 1.73. The Labute approximate surface area is 124 Å². The zero-order valence-electron chi connectivity index (χ0n) is 10.4. The van der Waals surface area contributed by atoms with Crippen LogP contribution in [0.4, 0.5) is 13.2 Å². The molecule has 0 unspecified atom stereocenters. The highest BCUT2D eigenvalue weighted by molar-refractivity contribution is 7.18. The number of alkyl halides is 3. The third kappa shape index (κ3) is 2.12. The number of rotatable bonds is 2. The Balaban J connectivity index is 2.43. The van der Waals surface area contributed by atoms with Gasteiger partial charge in [0.05, 0.1) is 10.6 Å². The Bertz CT molecular complexity index is 831. The van der Waals surface area contributed by atoms with Crippen LogP contribution >= 0.6 is 22.7 Å². The first-order chi connectivity index (χ1) is 9.80. The number of halogens is 3. The Morgan fingerprint density at radius 1 is 1.43 bits per heavy atom. The second kappa shape index (κ2) is 4.57. The number of imidazole rings is 1. The molecule has 3 aromatic heterocycles. The molecule has 0 radical (unpaired) electrons. The third-order valence-electron chi connectivity index (χ3n) is 2.87. The minimum absolute atomic E-state index is 0.0284. The van der Waals surface area contributed by atoms with Crippen LogP contribution in [0.3, 0.4) is 0 Å². The quantitative estimate of drug-likeness (QED) is 0.767. The van der Waals surface area contributed by atoms with Gasteiger partial charge in [-0.1, -0.05) is 6.07 Å². The lowest BCUT2D eigenvalue weighted by Gasteiger charge is -2.05. The van der Waals surface area contributed by atoms with Crippen molar-refractivity contribution in [2.75, 3.05) is 0 Å². The number of fused-ring (bicyclic) bond motifs is 1. The summed E-state index contributed by atoms with van der Waals surface area (Å²) in [5.41, 5.74) is -1.75. The van der Waals surface area contributed by atoms with Crippen molar-refractivity contribution in [2.24, 2.45) is 0 Å². The molecule has 0 amide bonds. The molecule has 0 bridgehead atoms. The Hall–Kier alpha value is -1.87. The summed E-state index contributed by atoms with van der Waals surface area (Å²) in [5.74, 6) is -1.65. The van der Waals surface area contributed by atoms with E-state index in [1.54, 1.807) is 24.4 Å². The van der Waals surface area contributed by atoms with E-state index < -0.39 is 23.5 Å². The maximum atomic E-state index is 13.0. The first-order valence-electron chi connectivity index (χ1n) is 5.67. The van der Waals surface area contributed by atoms with Crippen molar-refractivity contribution in [1.82, 2.24) is 9.38 Å². The largest absolute Gasteiger partial charge is 0.476 e. The molecule has 3 heterocycles. The summed E-state index contributed by atoms with van der Waals surface area (Å²) < 4.78 is 40.0. The van der Waals surface area contributed by atoms with E-state index in [0.29, 0.717) is 10.6 Å². The molecule has 110 valence electrons. The highest BCUT2D eigenvalue weighted by Crippen LogP contribution is 2.39. The smallest absolute Gasteiger partial charge is 0.435 e. The highest BCUT2D eigenvalue weighted by Gasteiger charge is 2.41. The molecular weight excluding hydrogens is 325 g/mol. The number of nitrogens with zero attached hydrogens (tertiary/aromatic N) is 2. The van der Waals surface area contributed by atoms with Crippen LogP contribution in [0.25, 0.3) is 15.5 Å². The van der Waals surface area contributed by atoms with Gasteiger partial charge in [-0.2, -0.15) is 13.2 Å². The van der Waals surface area contributed by atoms with Gasteiger partial charge in [0.1, 0.15) is 0 Å². The minimum atomic E-state index is -4.81. The zero-order valence-corrected chi connectivity index (χ0v) is 12.1. The van der Waals surface area contributed by atoms with Crippen LogP contribution in [0.1, 0.15) is 21.1 Å². The summed E-state index contributed by atoms with van der Waals surface area (Å²) in [4.78, 5) is 16.2. The van der Waals surface area contributed by atoms with E-state index >= 15 is 0 Å². The van der Waals surface area contributed by atoms with Crippen LogP contribution < -0.4 is 0 Å². The molecule has 21 heavy (non-hydrogen) atoms. The molecule has 3 aromatic rings. The number of aromatic nitrogens is 2. The Kier molecular flexibility index (Phi) is 3.06. The zero-order chi connectivity index (χ0) is 15.4. The van der Waals surface area contributed by atoms with Gasteiger partial charge in [0.25, 0.3) is 0 Å². The lowest BCUT2D eigenvalue weighted by Crippen LogP contribution is -2.14. The molecule has 0 aliphatic rings. The minimum Gasteiger partial charge on any atom is -0.476 e. The van der Waals surface area contributed by atoms with Crippen LogP contribution in [0.15, 0.2) is 17.5 Å². The Morgan fingerprint density at radius 3 is 2.67 bits per heavy atom. The number of aryl methyl sites for hydroxylation is 1. The normalized spacial score (nSPS) is 12.2. The van der Waals surface area contributed by atoms with Gasteiger partial charge < -0.3 is 5.11 Å². The van der Waals surface area contributed by atoms with Crippen LogP contribution in [0, 0.1) is 6.92 Å². The number of carboxylic acids is 1. The molecule has 0 atom stereocenters. The summed E-state index contributed by atoms with van der Waals surface area (Å²) in [6, 6.07) is 3.49. The van der Waals surface area contributed by atoms with E-state index in [1.807, 2.05) is 0 Å². The molecule has 0 aliphatic carbocycles. The topological polar surface area (TPSA) is 54.6 Å². The van der Waals surface area contributed by atoms with Crippen LogP contribution in [0.2, 0.25) is 0 Å². The van der Waals surface area contributed by atoms with Gasteiger partial charge in [0.15, 0.2) is 16.3 Å². The van der Waals surface area contributed by atoms with Gasteiger partial charge in [-0.25, -0.2) is 9.78 Å². The number of thiazole rings is 1. The second-order valence-electron chi connectivity index (χ2n) is 4.21. The number of carboxylic acid groups (broad SMARTS) is 1. The van der Waals surface area contributed by atoms with Crippen molar-refractivity contribution in [3.8, 4) is 10.6 Å². The molecule has 0 saturated carbocycles. The number of hydrogen-bond donors (Lipinski definition) is 1. The lowest BCUT2D eigenvalue weighted by atomic mass is 10.2. The van der Waals surface area contributed by atoms with E-state index in [1.165, 1.54) is 11.3 Å². The number of hydrogen-bond acceptors (Lipinski definition) is 4. The summed E-state index contributed by atoms with van der Waals surface area (Å²) in [5, 5.41) is 11.0. The van der Waals surface area contributed by atoms with Gasteiger partial charge >= 0.3 is 12.1 Å². The van der Waals surface area contributed by atoms with Crippen molar-refractivity contribution in [3.05, 3.63) is 33.8 Å². The van der Waals surface area contributed by atoms with E-state index in [9.17, 15) is 23.1 Å². The standard InChI is InChI=1S/C12H7F3N2O2S2/c1-5-7(6-3-2-4-20-6)17-8(10(18)19)9(12(13,14)15)16-11(17)21-5/h2-4H,1H3,(H,18,19). The average Bonchev–Trinajstić information content (AvgIpc) is 3.00. The first-order valence-corrected chi connectivity index (χ1v) is 7.36. The van der Waals surface area contributed by atoms with E-state index in [4.69, 9.17) is 0 Å². The maximum Gasteiger partial charge on any atom is 0.435 e. The van der Waals surface area contributed by atoms with Crippen molar-refractivity contribution >= 4 is 33.6 Å². The monoisotopic (exact) mass is 332 g/mol. The fourth-order valence-electron chi connectivity index (χ4n) is 2.11. The van der Waals surface area contributed by atoms with Gasteiger partial charge in [0, 0.05) is 4.88 Å². The number of carbonyl (C=O) groups is 1. The predicted molar refractivity (Wildman–Crippen MR) is 73.1 cm³/mol. The third-order valence-corrected chi connectivity index (χ3v) is 4.71. The molecule has 0 aromatic carbocycles. The van der Waals surface area contributed by atoms with E-state index in [-0.39, 0.29) is 4.96 Å².